The number of likely N-dealkylation sites (N-methyl/N-ethyl adjacent to an activating group) is 1. The highest BCUT2D eigenvalue weighted by atomic mass is 15.3. The van der Waals surface area contributed by atoms with Gasteiger partial charge in [0, 0.05) is 39.3 Å². The number of nitrogens with one attached hydrogen (secondary N) is 1. The van der Waals surface area contributed by atoms with Crippen molar-refractivity contribution >= 4 is 0 Å². The monoisotopic (exact) mass is 284 g/mol. The molecule has 1 aliphatic rings. The number of nitrogens with zero attached hydrogens (tertiary/aromatic N) is 3. The van der Waals surface area contributed by atoms with E-state index in [0.717, 1.165) is 12.5 Å². The molecule has 0 saturated carbocycles. The van der Waals surface area contributed by atoms with Crippen LogP contribution in [-0.2, 0) is 0 Å². The predicted molar refractivity (Wildman–Crippen MR) is 88.4 cm³/mol. The van der Waals surface area contributed by atoms with E-state index in [1.165, 1.54) is 65.2 Å². The van der Waals surface area contributed by atoms with Crippen molar-refractivity contribution in [2.24, 2.45) is 5.92 Å². The minimum atomic E-state index is 0.769. The Hall–Kier alpha value is -0.160. The molecule has 20 heavy (non-hydrogen) atoms. The molecule has 120 valence electrons. The van der Waals surface area contributed by atoms with E-state index >= 15 is 0 Å². The fraction of sp³-hybridized carbons (Fsp3) is 1.00. The zero-order valence-electron chi connectivity index (χ0n) is 14.2. The molecule has 0 aliphatic carbocycles. The topological polar surface area (TPSA) is 21.8 Å². The van der Waals surface area contributed by atoms with E-state index in [1.807, 2.05) is 0 Å². The molecule has 1 saturated heterocycles. The summed E-state index contributed by atoms with van der Waals surface area (Å²) in [6, 6.07) is 0. The molecular formula is C16H36N4. The Morgan fingerprint density at radius 2 is 1.55 bits per heavy atom. The number of hydrogen-bond donors (Lipinski definition) is 1. The van der Waals surface area contributed by atoms with Gasteiger partial charge in [-0.2, -0.15) is 0 Å². The average molecular weight is 284 g/mol. The van der Waals surface area contributed by atoms with Gasteiger partial charge in [-0.3, -0.25) is 4.90 Å². The van der Waals surface area contributed by atoms with E-state index < -0.39 is 0 Å². The highest BCUT2D eigenvalue weighted by Crippen LogP contribution is 2.03. The second kappa shape index (κ2) is 10.6. The van der Waals surface area contributed by atoms with Gasteiger partial charge in [0.2, 0.25) is 0 Å². The lowest BCUT2D eigenvalue weighted by atomic mass is 10.2. The number of hydrogen-bond acceptors (Lipinski definition) is 4. The Bertz CT molecular complexity index is 223. The molecule has 0 amide bonds. The molecule has 0 radical (unpaired) electrons. The first-order valence-electron chi connectivity index (χ1n) is 8.38. The van der Waals surface area contributed by atoms with Gasteiger partial charge in [0.05, 0.1) is 0 Å². The Labute approximate surface area is 126 Å². The Morgan fingerprint density at radius 3 is 2.10 bits per heavy atom. The molecule has 0 atom stereocenters. The molecule has 4 heteroatoms. The molecule has 0 aromatic carbocycles. The summed E-state index contributed by atoms with van der Waals surface area (Å²) in [6.45, 7) is 15.6. The Morgan fingerprint density at radius 1 is 0.950 bits per heavy atom. The van der Waals surface area contributed by atoms with Gasteiger partial charge in [-0.25, -0.2) is 0 Å². The molecule has 1 rings (SSSR count). The lowest BCUT2D eigenvalue weighted by Gasteiger charge is -2.35. The minimum absolute atomic E-state index is 0.769. The molecule has 1 heterocycles. The van der Waals surface area contributed by atoms with Crippen LogP contribution in [-0.4, -0.2) is 87.7 Å². The van der Waals surface area contributed by atoms with Gasteiger partial charge in [0.1, 0.15) is 0 Å². The third kappa shape index (κ3) is 8.90. The molecule has 0 unspecified atom stereocenters. The lowest BCUT2D eigenvalue weighted by Crippen LogP contribution is -2.48. The molecule has 1 fully saturated rings. The summed E-state index contributed by atoms with van der Waals surface area (Å²) in [6.07, 6.45) is 2.65. The zero-order chi connectivity index (χ0) is 14.8. The van der Waals surface area contributed by atoms with Crippen LogP contribution in [0.25, 0.3) is 0 Å². The molecular weight excluding hydrogens is 248 g/mol. The van der Waals surface area contributed by atoms with Crippen LogP contribution in [0.15, 0.2) is 0 Å². The summed E-state index contributed by atoms with van der Waals surface area (Å²) >= 11 is 0. The molecule has 0 aromatic rings. The third-order valence-electron chi connectivity index (χ3n) is 3.96. The van der Waals surface area contributed by atoms with E-state index in [-0.39, 0.29) is 0 Å². The van der Waals surface area contributed by atoms with Crippen molar-refractivity contribution in [3.8, 4) is 0 Å². The van der Waals surface area contributed by atoms with Gasteiger partial charge in [-0.15, -0.1) is 0 Å². The minimum Gasteiger partial charge on any atom is -0.316 e. The summed E-state index contributed by atoms with van der Waals surface area (Å²) < 4.78 is 0. The molecule has 0 aromatic heterocycles. The van der Waals surface area contributed by atoms with Gasteiger partial charge in [0.25, 0.3) is 0 Å². The summed E-state index contributed by atoms with van der Waals surface area (Å²) in [5, 5.41) is 3.53. The van der Waals surface area contributed by atoms with Crippen LogP contribution in [0.5, 0.6) is 0 Å². The number of rotatable bonds is 10. The van der Waals surface area contributed by atoms with E-state index in [2.05, 4.69) is 48.0 Å². The standard InChI is InChI=1S/C16H36N4/c1-16(2)15-17-7-5-6-8-19-11-13-20(14-12-19)10-9-18(3)4/h16-17H,5-15H2,1-4H3. The largest absolute Gasteiger partial charge is 0.316 e. The third-order valence-corrected chi connectivity index (χ3v) is 3.96. The van der Waals surface area contributed by atoms with Gasteiger partial charge < -0.3 is 15.1 Å². The maximum absolute atomic E-state index is 3.53. The van der Waals surface area contributed by atoms with Gasteiger partial charge >= 0.3 is 0 Å². The van der Waals surface area contributed by atoms with Crippen LogP contribution < -0.4 is 5.32 Å². The van der Waals surface area contributed by atoms with Crippen LogP contribution in [0, 0.1) is 5.92 Å². The fourth-order valence-corrected chi connectivity index (χ4v) is 2.55. The molecule has 0 bridgehead atoms. The van der Waals surface area contributed by atoms with Crippen LogP contribution in [0.1, 0.15) is 26.7 Å². The number of piperazine rings is 1. The van der Waals surface area contributed by atoms with Crippen molar-refractivity contribution in [3.63, 3.8) is 0 Å². The average Bonchev–Trinajstić information content (AvgIpc) is 2.41. The SMILES string of the molecule is CC(C)CNCCCCN1CCN(CCN(C)C)CC1. The van der Waals surface area contributed by atoms with Crippen molar-refractivity contribution in [2.45, 2.75) is 26.7 Å². The van der Waals surface area contributed by atoms with E-state index in [1.54, 1.807) is 0 Å². The van der Waals surface area contributed by atoms with Gasteiger partial charge in [0.15, 0.2) is 0 Å². The van der Waals surface area contributed by atoms with Crippen LogP contribution in [0.2, 0.25) is 0 Å². The lowest BCUT2D eigenvalue weighted by molar-refractivity contribution is 0.124. The first-order valence-corrected chi connectivity index (χ1v) is 8.38. The molecule has 4 nitrogen and oxygen atoms in total. The maximum atomic E-state index is 3.53. The quantitative estimate of drug-likeness (QED) is 0.608. The highest BCUT2D eigenvalue weighted by Gasteiger charge is 2.15. The summed E-state index contributed by atoms with van der Waals surface area (Å²) in [4.78, 5) is 7.51. The predicted octanol–water partition coefficient (Wildman–Crippen LogP) is 1.19. The van der Waals surface area contributed by atoms with Crippen molar-refractivity contribution < 1.29 is 0 Å². The van der Waals surface area contributed by atoms with E-state index in [0.29, 0.717) is 0 Å². The molecule has 0 spiro atoms. The van der Waals surface area contributed by atoms with Crippen molar-refractivity contribution in [1.29, 1.82) is 0 Å². The zero-order valence-corrected chi connectivity index (χ0v) is 14.2. The van der Waals surface area contributed by atoms with Crippen molar-refractivity contribution in [3.05, 3.63) is 0 Å². The normalized spacial score (nSPS) is 18.3. The van der Waals surface area contributed by atoms with Crippen molar-refractivity contribution in [2.75, 3.05) is 73.0 Å². The summed E-state index contributed by atoms with van der Waals surface area (Å²) in [5.41, 5.74) is 0. The van der Waals surface area contributed by atoms with Gasteiger partial charge in [-0.1, -0.05) is 13.8 Å². The van der Waals surface area contributed by atoms with Gasteiger partial charge in [-0.05, 0) is 52.5 Å². The summed E-state index contributed by atoms with van der Waals surface area (Å²) in [7, 11) is 4.31. The van der Waals surface area contributed by atoms with Crippen LogP contribution in [0.3, 0.4) is 0 Å². The Kier molecular flexibility index (Phi) is 9.44. The summed E-state index contributed by atoms with van der Waals surface area (Å²) in [5.74, 6) is 0.769. The maximum Gasteiger partial charge on any atom is 0.0110 e. The van der Waals surface area contributed by atoms with Crippen LogP contribution in [0.4, 0.5) is 0 Å². The molecule has 1 aliphatic heterocycles. The first kappa shape index (κ1) is 17.9. The first-order chi connectivity index (χ1) is 9.58. The molecule has 1 N–H and O–H groups in total. The van der Waals surface area contributed by atoms with E-state index in [4.69, 9.17) is 0 Å². The van der Waals surface area contributed by atoms with E-state index in [9.17, 15) is 0 Å². The second-order valence-corrected chi connectivity index (χ2v) is 6.79. The van der Waals surface area contributed by atoms with Crippen molar-refractivity contribution in [1.82, 2.24) is 20.0 Å². The smallest absolute Gasteiger partial charge is 0.0110 e. The number of unbranched alkanes of at least 4 members (excludes halogenated alkanes) is 1. The van der Waals surface area contributed by atoms with Crippen LogP contribution >= 0.6 is 0 Å². The highest BCUT2D eigenvalue weighted by molar-refractivity contribution is 4.72. The fourth-order valence-electron chi connectivity index (χ4n) is 2.55. The second-order valence-electron chi connectivity index (χ2n) is 6.79. The Balaban J connectivity index is 1.94.